The third kappa shape index (κ3) is 4.73. The maximum atomic E-state index is 5.95. The molecule has 1 saturated carbocycles. The highest BCUT2D eigenvalue weighted by atomic mass is 16.5. The quantitative estimate of drug-likeness (QED) is 0.312. The van der Waals surface area contributed by atoms with E-state index in [4.69, 9.17) is 4.74 Å². The highest BCUT2D eigenvalue weighted by molar-refractivity contribution is 5.82. The second-order valence-corrected chi connectivity index (χ2v) is 9.85. The van der Waals surface area contributed by atoms with E-state index in [1.807, 2.05) is 12.1 Å². The van der Waals surface area contributed by atoms with Gasteiger partial charge < -0.3 is 14.5 Å². The monoisotopic (exact) mass is 440 g/mol. The van der Waals surface area contributed by atoms with E-state index in [1.165, 1.54) is 71.3 Å². The lowest BCUT2D eigenvalue weighted by atomic mass is 9.94. The van der Waals surface area contributed by atoms with Gasteiger partial charge in [0.25, 0.3) is 0 Å². The van der Waals surface area contributed by atoms with Crippen molar-refractivity contribution in [3.8, 4) is 16.9 Å². The molecule has 3 heteroatoms. The van der Waals surface area contributed by atoms with Crippen LogP contribution in [0.15, 0.2) is 60.7 Å². The first kappa shape index (κ1) is 21.9. The van der Waals surface area contributed by atoms with Crippen molar-refractivity contribution in [2.45, 2.75) is 51.5 Å². The van der Waals surface area contributed by atoms with E-state index in [1.54, 1.807) is 0 Å². The smallest absolute Gasteiger partial charge is 0.119 e. The number of hydrogen-bond donors (Lipinski definition) is 0. The van der Waals surface area contributed by atoms with Gasteiger partial charge in [-0.2, -0.15) is 0 Å². The molecule has 0 radical (unpaired) electrons. The Morgan fingerprint density at radius 1 is 0.788 bits per heavy atom. The topological polar surface area (TPSA) is 15.7 Å². The molecule has 3 aromatic carbocycles. The molecule has 0 unspecified atom stereocenters. The van der Waals surface area contributed by atoms with Crippen molar-refractivity contribution in [1.82, 2.24) is 0 Å². The number of aryl methyl sites for hydroxylation is 1. The Morgan fingerprint density at radius 2 is 1.42 bits per heavy atom. The minimum Gasteiger partial charge on any atom is -0.492 e. The van der Waals surface area contributed by atoms with Crippen molar-refractivity contribution in [2.75, 3.05) is 37.0 Å². The number of anilines is 2. The number of ether oxygens (including phenoxy) is 1. The summed E-state index contributed by atoms with van der Waals surface area (Å²) < 4.78 is 5.95. The molecule has 3 aromatic rings. The summed E-state index contributed by atoms with van der Waals surface area (Å²) in [5.74, 6) is 0.937. The lowest BCUT2D eigenvalue weighted by Gasteiger charge is -2.33. The number of benzene rings is 3. The molecule has 172 valence electrons. The summed E-state index contributed by atoms with van der Waals surface area (Å²) in [6.07, 6.45) is 7.82. The van der Waals surface area contributed by atoms with E-state index >= 15 is 0 Å². The average molecular weight is 441 g/mol. The van der Waals surface area contributed by atoms with Crippen molar-refractivity contribution < 1.29 is 4.74 Å². The molecule has 0 N–H and O–H groups in total. The molecule has 0 amide bonds. The fraction of sp³-hybridized carbons (Fsp3) is 0.400. The fourth-order valence-electron chi connectivity index (χ4n) is 5.34. The summed E-state index contributed by atoms with van der Waals surface area (Å²) >= 11 is 0. The van der Waals surface area contributed by atoms with Gasteiger partial charge in [-0.05, 0) is 84.8 Å². The SMILES string of the molecule is Cc1ccc(OCCN(C)c2ccc3c(c2)-c2cc(N(C)C4CCCCC4)ccc2C3)cc1. The van der Waals surface area contributed by atoms with Crippen molar-refractivity contribution in [2.24, 2.45) is 0 Å². The van der Waals surface area contributed by atoms with Gasteiger partial charge in [0.15, 0.2) is 0 Å². The van der Waals surface area contributed by atoms with Crippen LogP contribution in [0.3, 0.4) is 0 Å². The number of nitrogens with zero attached hydrogens (tertiary/aromatic N) is 2. The second kappa shape index (κ2) is 9.51. The molecule has 33 heavy (non-hydrogen) atoms. The summed E-state index contributed by atoms with van der Waals surface area (Å²) in [6.45, 7) is 3.62. The van der Waals surface area contributed by atoms with Crippen LogP contribution in [0.5, 0.6) is 5.75 Å². The van der Waals surface area contributed by atoms with Crippen LogP contribution in [0.1, 0.15) is 48.8 Å². The Balaban J connectivity index is 1.29. The van der Waals surface area contributed by atoms with Gasteiger partial charge in [-0.1, -0.05) is 49.1 Å². The molecule has 0 saturated heterocycles. The van der Waals surface area contributed by atoms with E-state index in [9.17, 15) is 0 Å². The third-order valence-electron chi connectivity index (χ3n) is 7.54. The van der Waals surface area contributed by atoms with Gasteiger partial charge in [0.1, 0.15) is 12.4 Å². The maximum Gasteiger partial charge on any atom is 0.119 e. The first-order valence-corrected chi connectivity index (χ1v) is 12.5. The number of hydrogen-bond acceptors (Lipinski definition) is 3. The van der Waals surface area contributed by atoms with Gasteiger partial charge in [-0.25, -0.2) is 0 Å². The summed E-state index contributed by atoms with van der Waals surface area (Å²) in [4.78, 5) is 4.82. The molecule has 2 aliphatic rings. The van der Waals surface area contributed by atoms with Gasteiger partial charge in [0.05, 0.1) is 6.54 Å². The lowest BCUT2D eigenvalue weighted by Crippen LogP contribution is -2.33. The molecule has 5 rings (SSSR count). The molecule has 3 nitrogen and oxygen atoms in total. The molecule has 2 aliphatic carbocycles. The van der Waals surface area contributed by atoms with E-state index in [2.05, 4.69) is 79.3 Å². The van der Waals surface area contributed by atoms with E-state index in [-0.39, 0.29) is 0 Å². The van der Waals surface area contributed by atoms with Crippen LogP contribution in [-0.4, -0.2) is 33.3 Å². The Labute approximate surface area is 199 Å². The van der Waals surface area contributed by atoms with Crippen LogP contribution in [-0.2, 0) is 6.42 Å². The Hall–Kier alpha value is -2.94. The summed E-state index contributed by atoms with van der Waals surface area (Å²) in [5.41, 5.74) is 9.57. The molecular weight excluding hydrogens is 404 g/mol. The molecule has 0 aliphatic heterocycles. The molecule has 0 aromatic heterocycles. The maximum absolute atomic E-state index is 5.95. The molecule has 0 atom stereocenters. The zero-order valence-electron chi connectivity index (χ0n) is 20.3. The van der Waals surface area contributed by atoms with Crippen LogP contribution < -0.4 is 14.5 Å². The Morgan fingerprint density at radius 3 is 2.12 bits per heavy atom. The Bertz CT molecular complexity index is 1100. The van der Waals surface area contributed by atoms with Gasteiger partial charge in [0, 0.05) is 31.5 Å². The Kier molecular flexibility index (Phi) is 6.30. The predicted molar refractivity (Wildman–Crippen MR) is 140 cm³/mol. The standard InChI is InChI=1S/C30H36N2O/c1-22-9-15-28(16-10-22)33-18-17-31(2)26-13-11-23-19-24-12-14-27(21-30(24)29(23)20-26)32(3)25-7-5-4-6-8-25/h9-16,20-21,25H,4-8,17-19H2,1-3H3. The normalized spacial score (nSPS) is 15.1. The van der Waals surface area contributed by atoms with Crippen LogP contribution in [0.25, 0.3) is 11.1 Å². The fourth-order valence-corrected chi connectivity index (χ4v) is 5.34. The first-order valence-electron chi connectivity index (χ1n) is 12.5. The lowest BCUT2D eigenvalue weighted by molar-refractivity contribution is 0.326. The zero-order valence-corrected chi connectivity index (χ0v) is 20.3. The van der Waals surface area contributed by atoms with E-state index in [0.29, 0.717) is 12.6 Å². The van der Waals surface area contributed by atoms with Gasteiger partial charge in [0.2, 0.25) is 0 Å². The van der Waals surface area contributed by atoms with Crippen LogP contribution in [0.4, 0.5) is 11.4 Å². The summed E-state index contributed by atoms with van der Waals surface area (Å²) in [7, 11) is 4.44. The third-order valence-corrected chi connectivity index (χ3v) is 7.54. The second-order valence-electron chi connectivity index (χ2n) is 9.85. The molecule has 0 heterocycles. The van der Waals surface area contributed by atoms with Crippen molar-refractivity contribution in [3.63, 3.8) is 0 Å². The largest absolute Gasteiger partial charge is 0.492 e. The molecular formula is C30H36N2O. The van der Waals surface area contributed by atoms with E-state index in [0.717, 1.165) is 18.7 Å². The number of rotatable bonds is 7. The van der Waals surface area contributed by atoms with Gasteiger partial charge >= 0.3 is 0 Å². The number of likely N-dealkylation sites (N-methyl/N-ethyl adjacent to an activating group) is 1. The minimum absolute atomic E-state index is 0.670. The van der Waals surface area contributed by atoms with Crippen LogP contribution in [0, 0.1) is 6.92 Å². The molecule has 0 spiro atoms. The summed E-state index contributed by atoms with van der Waals surface area (Å²) in [6, 6.07) is 23.0. The van der Waals surface area contributed by atoms with Gasteiger partial charge in [-0.3, -0.25) is 0 Å². The molecule has 1 fully saturated rings. The highest BCUT2D eigenvalue weighted by Gasteiger charge is 2.23. The van der Waals surface area contributed by atoms with Crippen LogP contribution >= 0.6 is 0 Å². The van der Waals surface area contributed by atoms with Crippen molar-refractivity contribution >= 4 is 11.4 Å². The highest BCUT2D eigenvalue weighted by Crippen LogP contribution is 2.41. The first-order chi connectivity index (χ1) is 16.1. The van der Waals surface area contributed by atoms with Crippen LogP contribution in [0.2, 0.25) is 0 Å². The van der Waals surface area contributed by atoms with Gasteiger partial charge in [-0.15, -0.1) is 0 Å². The average Bonchev–Trinajstić information content (AvgIpc) is 3.22. The van der Waals surface area contributed by atoms with E-state index < -0.39 is 0 Å². The predicted octanol–water partition coefficient (Wildman–Crippen LogP) is 6.85. The van der Waals surface area contributed by atoms with Crippen molar-refractivity contribution in [3.05, 3.63) is 77.4 Å². The summed E-state index contributed by atoms with van der Waals surface area (Å²) in [5, 5.41) is 0. The molecule has 0 bridgehead atoms. The minimum atomic E-state index is 0.670. The number of fused-ring (bicyclic) bond motifs is 3. The zero-order chi connectivity index (χ0) is 22.8. The van der Waals surface area contributed by atoms with Crippen molar-refractivity contribution in [1.29, 1.82) is 0 Å².